The minimum Gasteiger partial charge on any atom is -0.396 e. The highest BCUT2D eigenvalue weighted by Gasteiger charge is 2.33. The van der Waals surface area contributed by atoms with Crippen LogP contribution in [0.15, 0.2) is 30.3 Å². The Morgan fingerprint density at radius 2 is 2.11 bits per heavy atom. The van der Waals surface area contributed by atoms with Gasteiger partial charge in [-0.25, -0.2) is 0 Å². The molecule has 1 fully saturated rings. The average Bonchev–Trinajstić information content (AvgIpc) is 2.39. The summed E-state index contributed by atoms with van der Waals surface area (Å²) in [5, 5.41) is 12.0. The summed E-state index contributed by atoms with van der Waals surface area (Å²) in [6.07, 6.45) is 0.489. The molecule has 0 bridgehead atoms. The van der Waals surface area contributed by atoms with Crippen molar-refractivity contribution in [2.45, 2.75) is 32.0 Å². The zero-order chi connectivity index (χ0) is 13.0. The first kappa shape index (κ1) is 13.1. The topological polar surface area (TPSA) is 52.6 Å². The summed E-state index contributed by atoms with van der Waals surface area (Å²) >= 11 is 0. The van der Waals surface area contributed by atoms with Crippen molar-refractivity contribution in [3.63, 3.8) is 0 Å². The van der Waals surface area contributed by atoms with Crippen LogP contribution >= 0.6 is 0 Å². The second-order valence-corrected chi connectivity index (χ2v) is 4.78. The maximum absolute atomic E-state index is 11.9. The predicted molar refractivity (Wildman–Crippen MR) is 69.9 cm³/mol. The Hall–Kier alpha value is -1.39. The summed E-state index contributed by atoms with van der Waals surface area (Å²) in [4.78, 5) is 14.0. The van der Waals surface area contributed by atoms with Crippen molar-refractivity contribution in [1.29, 1.82) is 0 Å². The standard InChI is InChI=1S/C14H20N2O2/c1-11-9-15-14(18)13(7-8-17)16(11)10-12-5-3-2-4-6-12/h2-6,11,13,17H,7-10H2,1H3,(H,15,18). The van der Waals surface area contributed by atoms with Gasteiger partial charge in [0.05, 0.1) is 6.04 Å². The molecule has 0 radical (unpaired) electrons. The van der Waals surface area contributed by atoms with E-state index in [9.17, 15) is 4.79 Å². The van der Waals surface area contributed by atoms with E-state index in [4.69, 9.17) is 5.11 Å². The van der Waals surface area contributed by atoms with Crippen molar-refractivity contribution in [1.82, 2.24) is 10.2 Å². The molecule has 1 aromatic carbocycles. The molecule has 4 nitrogen and oxygen atoms in total. The number of rotatable bonds is 4. The monoisotopic (exact) mass is 248 g/mol. The van der Waals surface area contributed by atoms with Gasteiger partial charge in [0.15, 0.2) is 0 Å². The van der Waals surface area contributed by atoms with Crippen molar-refractivity contribution < 1.29 is 9.90 Å². The van der Waals surface area contributed by atoms with Crippen LogP contribution in [0, 0.1) is 0 Å². The number of amides is 1. The van der Waals surface area contributed by atoms with E-state index in [1.807, 2.05) is 18.2 Å². The minimum absolute atomic E-state index is 0.0260. The maximum atomic E-state index is 11.9. The summed E-state index contributed by atoms with van der Waals surface area (Å²) in [6, 6.07) is 10.2. The highest BCUT2D eigenvalue weighted by atomic mass is 16.3. The van der Waals surface area contributed by atoms with E-state index in [1.165, 1.54) is 5.56 Å². The lowest BCUT2D eigenvalue weighted by Crippen LogP contribution is -2.59. The summed E-state index contributed by atoms with van der Waals surface area (Å²) in [5.41, 5.74) is 1.20. The Labute approximate surface area is 108 Å². The fourth-order valence-electron chi connectivity index (χ4n) is 2.42. The first-order valence-electron chi connectivity index (χ1n) is 6.40. The third kappa shape index (κ3) is 2.89. The molecule has 0 spiro atoms. The summed E-state index contributed by atoms with van der Waals surface area (Å²) in [6.45, 7) is 3.57. The van der Waals surface area contributed by atoms with Crippen molar-refractivity contribution in [3.8, 4) is 0 Å². The van der Waals surface area contributed by atoms with Gasteiger partial charge in [-0.15, -0.1) is 0 Å². The highest BCUT2D eigenvalue weighted by molar-refractivity contribution is 5.82. The largest absolute Gasteiger partial charge is 0.396 e. The van der Waals surface area contributed by atoms with Crippen molar-refractivity contribution in [3.05, 3.63) is 35.9 Å². The number of nitrogens with zero attached hydrogens (tertiary/aromatic N) is 1. The molecular weight excluding hydrogens is 228 g/mol. The number of piperazine rings is 1. The molecule has 0 saturated carbocycles. The van der Waals surface area contributed by atoms with Crippen LogP contribution < -0.4 is 5.32 Å². The number of carbonyl (C=O) groups excluding carboxylic acids is 1. The third-order valence-electron chi connectivity index (χ3n) is 3.45. The van der Waals surface area contributed by atoms with Gasteiger partial charge in [-0.3, -0.25) is 9.69 Å². The smallest absolute Gasteiger partial charge is 0.237 e. The Bertz CT molecular complexity index is 394. The lowest BCUT2D eigenvalue weighted by Gasteiger charge is -2.39. The van der Waals surface area contributed by atoms with E-state index in [2.05, 4.69) is 29.3 Å². The molecule has 1 aliphatic rings. The van der Waals surface area contributed by atoms with Crippen LogP contribution in [-0.2, 0) is 11.3 Å². The molecule has 1 aliphatic heterocycles. The van der Waals surface area contributed by atoms with Crippen LogP contribution in [-0.4, -0.2) is 41.1 Å². The molecule has 2 N–H and O–H groups in total. The second-order valence-electron chi connectivity index (χ2n) is 4.78. The van der Waals surface area contributed by atoms with Crippen LogP contribution in [0.4, 0.5) is 0 Å². The molecule has 1 aromatic rings. The van der Waals surface area contributed by atoms with Gasteiger partial charge in [0.2, 0.25) is 5.91 Å². The summed E-state index contributed by atoms with van der Waals surface area (Å²) < 4.78 is 0. The molecule has 98 valence electrons. The molecule has 1 amide bonds. The Kier molecular flexibility index (Phi) is 4.33. The lowest BCUT2D eigenvalue weighted by atomic mass is 10.0. The van der Waals surface area contributed by atoms with E-state index in [1.54, 1.807) is 0 Å². The van der Waals surface area contributed by atoms with Crippen LogP contribution in [0.25, 0.3) is 0 Å². The first-order valence-corrected chi connectivity index (χ1v) is 6.40. The lowest BCUT2D eigenvalue weighted by molar-refractivity contribution is -0.132. The van der Waals surface area contributed by atoms with Crippen LogP contribution in [0.2, 0.25) is 0 Å². The van der Waals surface area contributed by atoms with E-state index in [-0.39, 0.29) is 18.6 Å². The highest BCUT2D eigenvalue weighted by Crippen LogP contribution is 2.17. The zero-order valence-corrected chi connectivity index (χ0v) is 10.7. The van der Waals surface area contributed by atoms with Gasteiger partial charge >= 0.3 is 0 Å². The average molecular weight is 248 g/mol. The first-order chi connectivity index (χ1) is 8.72. The molecule has 2 atom stereocenters. The Morgan fingerprint density at radius 3 is 2.78 bits per heavy atom. The number of carbonyl (C=O) groups is 1. The fourth-order valence-corrected chi connectivity index (χ4v) is 2.42. The Morgan fingerprint density at radius 1 is 1.39 bits per heavy atom. The van der Waals surface area contributed by atoms with Crippen LogP contribution in [0.1, 0.15) is 18.9 Å². The molecular formula is C14H20N2O2. The summed E-state index contributed by atoms with van der Waals surface area (Å²) in [5.74, 6) is 0.0260. The molecule has 18 heavy (non-hydrogen) atoms. The van der Waals surface area contributed by atoms with E-state index < -0.39 is 0 Å². The number of aliphatic hydroxyl groups excluding tert-OH is 1. The van der Waals surface area contributed by atoms with E-state index in [0.29, 0.717) is 19.0 Å². The predicted octanol–water partition coefficient (Wildman–Crippen LogP) is 0.758. The molecule has 2 rings (SSSR count). The normalized spacial score (nSPS) is 24.9. The fraction of sp³-hybridized carbons (Fsp3) is 0.500. The van der Waals surface area contributed by atoms with E-state index >= 15 is 0 Å². The van der Waals surface area contributed by atoms with Gasteiger partial charge in [0, 0.05) is 25.7 Å². The second kappa shape index (κ2) is 5.98. The summed E-state index contributed by atoms with van der Waals surface area (Å²) in [7, 11) is 0. The van der Waals surface area contributed by atoms with Gasteiger partial charge in [0.1, 0.15) is 0 Å². The quantitative estimate of drug-likeness (QED) is 0.827. The van der Waals surface area contributed by atoms with Crippen LogP contribution in [0.5, 0.6) is 0 Å². The minimum atomic E-state index is -0.223. The van der Waals surface area contributed by atoms with Crippen molar-refractivity contribution in [2.24, 2.45) is 0 Å². The number of hydrogen-bond donors (Lipinski definition) is 2. The Balaban J connectivity index is 2.13. The van der Waals surface area contributed by atoms with Crippen molar-refractivity contribution in [2.75, 3.05) is 13.2 Å². The third-order valence-corrected chi connectivity index (χ3v) is 3.45. The van der Waals surface area contributed by atoms with Gasteiger partial charge in [0.25, 0.3) is 0 Å². The van der Waals surface area contributed by atoms with Crippen molar-refractivity contribution >= 4 is 5.91 Å². The van der Waals surface area contributed by atoms with Gasteiger partial charge < -0.3 is 10.4 Å². The molecule has 1 heterocycles. The van der Waals surface area contributed by atoms with Gasteiger partial charge in [-0.2, -0.15) is 0 Å². The maximum Gasteiger partial charge on any atom is 0.237 e. The SMILES string of the molecule is CC1CNC(=O)C(CCO)N1Cc1ccccc1. The number of nitrogens with one attached hydrogen (secondary N) is 1. The number of aliphatic hydroxyl groups is 1. The van der Waals surface area contributed by atoms with Crippen LogP contribution in [0.3, 0.4) is 0 Å². The molecule has 0 aromatic heterocycles. The van der Waals surface area contributed by atoms with E-state index in [0.717, 1.165) is 6.54 Å². The van der Waals surface area contributed by atoms with Gasteiger partial charge in [-0.1, -0.05) is 30.3 Å². The molecule has 4 heteroatoms. The number of benzene rings is 1. The zero-order valence-electron chi connectivity index (χ0n) is 10.7. The molecule has 1 saturated heterocycles. The van der Waals surface area contributed by atoms with Gasteiger partial charge in [-0.05, 0) is 18.9 Å². The molecule has 0 aliphatic carbocycles. The molecule has 2 unspecified atom stereocenters. The number of hydrogen-bond acceptors (Lipinski definition) is 3.